The molecular weight excluding hydrogens is 268 g/mol. The maximum Gasteiger partial charge on any atom is 0.122 e. The molecule has 0 fully saturated rings. The van der Waals surface area contributed by atoms with Gasteiger partial charge in [0, 0.05) is 4.90 Å². The van der Waals surface area contributed by atoms with Crippen LogP contribution in [0, 0.1) is 0 Å². The fourth-order valence-electron chi connectivity index (χ4n) is 2.03. The molecule has 0 spiro atoms. The van der Waals surface area contributed by atoms with Crippen LogP contribution in [-0.2, 0) is 12.8 Å². The Morgan fingerprint density at radius 3 is 1.84 bits per heavy atom. The van der Waals surface area contributed by atoms with Crippen LogP contribution in [0.1, 0.15) is 37.8 Å². The average molecular weight is 297 g/mol. The van der Waals surface area contributed by atoms with Crippen molar-refractivity contribution in [3.05, 3.63) is 23.3 Å². The van der Waals surface area contributed by atoms with E-state index in [4.69, 9.17) is 0 Å². The molecule has 0 radical (unpaired) electrons. The molecule has 19 heavy (non-hydrogen) atoms. The summed E-state index contributed by atoms with van der Waals surface area (Å²) >= 11 is 1.97. The van der Waals surface area contributed by atoms with Crippen molar-refractivity contribution in [2.75, 3.05) is 5.38 Å². The first-order chi connectivity index (χ1) is 8.87. The van der Waals surface area contributed by atoms with E-state index in [1.165, 1.54) is 10.3 Å². The highest BCUT2D eigenvalue weighted by Crippen LogP contribution is 2.32. The third-order valence-electron chi connectivity index (χ3n) is 2.95. The number of hydrogen-bond acceptors (Lipinski definition) is 2. The van der Waals surface area contributed by atoms with Crippen LogP contribution in [0.5, 0.6) is 5.75 Å². The van der Waals surface area contributed by atoms with Crippen LogP contribution in [0.4, 0.5) is 0 Å². The fraction of sp³-hybridized carbons (Fsp3) is 0.625. The van der Waals surface area contributed by atoms with Gasteiger partial charge < -0.3 is 5.11 Å². The molecule has 0 saturated heterocycles. The first-order valence-electron chi connectivity index (χ1n) is 7.35. The minimum atomic E-state index is -1.02. The first kappa shape index (κ1) is 16.6. The van der Waals surface area contributed by atoms with Gasteiger partial charge in [-0.25, -0.2) is 0 Å². The van der Waals surface area contributed by atoms with Crippen LogP contribution in [0.15, 0.2) is 17.0 Å². The molecular formula is C16H28OSSi. The van der Waals surface area contributed by atoms with Gasteiger partial charge in [0.2, 0.25) is 0 Å². The van der Waals surface area contributed by atoms with E-state index in [-0.39, 0.29) is 0 Å². The van der Waals surface area contributed by atoms with Gasteiger partial charge in [-0.2, -0.15) is 0 Å². The summed E-state index contributed by atoms with van der Waals surface area (Å²) in [5, 5.41) is 11.5. The molecule has 1 N–H and O–H groups in total. The van der Waals surface area contributed by atoms with Crippen LogP contribution in [0.2, 0.25) is 19.6 Å². The van der Waals surface area contributed by atoms with Gasteiger partial charge in [-0.3, -0.25) is 0 Å². The maximum atomic E-state index is 10.3. The molecule has 0 saturated carbocycles. The van der Waals surface area contributed by atoms with Crippen molar-refractivity contribution < 1.29 is 5.11 Å². The summed E-state index contributed by atoms with van der Waals surface area (Å²) in [6, 6.07) is 4.39. The topological polar surface area (TPSA) is 20.2 Å². The third-order valence-corrected chi connectivity index (χ3v) is 7.56. The number of aromatic hydroxyl groups is 1. The number of hydrogen-bond donors (Lipinski definition) is 1. The summed E-state index contributed by atoms with van der Waals surface area (Å²) in [5.41, 5.74) is 2.26. The zero-order valence-corrected chi connectivity index (χ0v) is 14.9. The molecule has 1 aromatic carbocycles. The van der Waals surface area contributed by atoms with Gasteiger partial charge in [0.05, 0.1) is 8.07 Å². The van der Waals surface area contributed by atoms with Crippen molar-refractivity contribution in [1.29, 1.82) is 0 Å². The lowest BCUT2D eigenvalue weighted by molar-refractivity contribution is 0.459. The van der Waals surface area contributed by atoms with E-state index in [9.17, 15) is 5.11 Å². The van der Waals surface area contributed by atoms with E-state index in [2.05, 4.69) is 45.6 Å². The van der Waals surface area contributed by atoms with Gasteiger partial charge in [-0.1, -0.05) is 46.3 Å². The zero-order valence-electron chi connectivity index (χ0n) is 13.0. The molecule has 1 rings (SSSR count). The largest absolute Gasteiger partial charge is 0.507 e. The summed E-state index contributed by atoms with van der Waals surface area (Å²) in [4.78, 5) is 1.34. The molecule has 108 valence electrons. The molecule has 0 aliphatic rings. The van der Waals surface area contributed by atoms with Gasteiger partial charge in [0.15, 0.2) is 0 Å². The second-order valence-corrected chi connectivity index (χ2v) is 13.5. The fourth-order valence-corrected chi connectivity index (χ4v) is 4.88. The number of aryl methyl sites for hydroxylation is 2. The Balaban J connectivity index is 2.97. The van der Waals surface area contributed by atoms with Crippen molar-refractivity contribution in [2.45, 2.75) is 64.1 Å². The predicted molar refractivity (Wildman–Crippen MR) is 90.2 cm³/mol. The van der Waals surface area contributed by atoms with E-state index in [1.54, 1.807) is 0 Å². The van der Waals surface area contributed by atoms with E-state index < -0.39 is 8.07 Å². The highest BCUT2D eigenvalue weighted by Gasteiger charge is 2.15. The van der Waals surface area contributed by atoms with Gasteiger partial charge in [-0.05, 0) is 41.5 Å². The standard InChI is InChI=1S/C16H28OSSi/c1-6-8-13-10-15(18-12-19(3,4)5)11-14(9-7-2)16(13)17/h10-11,17H,6-9,12H2,1-5H3. The van der Waals surface area contributed by atoms with Crippen LogP contribution < -0.4 is 0 Å². The van der Waals surface area contributed by atoms with Gasteiger partial charge in [-0.15, -0.1) is 11.8 Å². The monoisotopic (exact) mass is 296 g/mol. The maximum absolute atomic E-state index is 10.3. The summed E-state index contributed by atoms with van der Waals surface area (Å²) < 4.78 is 0. The number of phenolic OH excluding ortho intramolecular Hbond substituents is 1. The molecule has 0 aromatic heterocycles. The molecule has 0 amide bonds. The Morgan fingerprint density at radius 1 is 1.00 bits per heavy atom. The highest BCUT2D eigenvalue weighted by molar-refractivity contribution is 8.01. The third kappa shape index (κ3) is 5.61. The van der Waals surface area contributed by atoms with Crippen molar-refractivity contribution in [3.8, 4) is 5.75 Å². The number of thioether (sulfide) groups is 1. The SMILES string of the molecule is CCCc1cc(SC[Si](C)(C)C)cc(CCC)c1O. The molecule has 0 heterocycles. The van der Waals surface area contributed by atoms with Gasteiger partial charge in [0.1, 0.15) is 5.75 Å². The highest BCUT2D eigenvalue weighted by atomic mass is 32.2. The number of benzene rings is 1. The smallest absolute Gasteiger partial charge is 0.122 e. The van der Waals surface area contributed by atoms with E-state index in [0.29, 0.717) is 5.75 Å². The summed E-state index contributed by atoms with van der Waals surface area (Å²) in [5.74, 6) is 0.543. The molecule has 0 unspecified atom stereocenters. The number of rotatable bonds is 7. The van der Waals surface area contributed by atoms with E-state index in [0.717, 1.165) is 36.8 Å². The quantitative estimate of drug-likeness (QED) is 0.546. The Labute approximate surface area is 123 Å². The summed E-state index contributed by atoms with van der Waals surface area (Å²) in [7, 11) is -1.02. The summed E-state index contributed by atoms with van der Waals surface area (Å²) in [6.45, 7) is 11.5. The van der Waals surface area contributed by atoms with Crippen molar-refractivity contribution in [1.82, 2.24) is 0 Å². The Kier molecular flexibility index (Phi) is 6.47. The van der Waals surface area contributed by atoms with E-state index in [1.807, 2.05) is 11.8 Å². The lowest BCUT2D eigenvalue weighted by Gasteiger charge is -2.17. The second-order valence-electron chi connectivity index (χ2n) is 6.44. The lowest BCUT2D eigenvalue weighted by Crippen LogP contribution is -2.23. The minimum absolute atomic E-state index is 0.543. The molecule has 0 aliphatic heterocycles. The Morgan fingerprint density at radius 2 is 1.47 bits per heavy atom. The van der Waals surface area contributed by atoms with Gasteiger partial charge in [0.25, 0.3) is 0 Å². The average Bonchev–Trinajstić information content (AvgIpc) is 2.31. The van der Waals surface area contributed by atoms with Crippen LogP contribution in [-0.4, -0.2) is 18.6 Å². The van der Waals surface area contributed by atoms with Crippen molar-refractivity contribution in [2.24, 2.45) is 0 Å². The predicted octanol–water partition coefficient (Wildman–Crippen LogP) is 5.27. The zero-order chi connectivity index (χ0) is 14.5. The lowest BCUT2D eigenvalue weighted by atomic mass is 10.0. The molecule has 1 nitrogen and oxygen atoms in total. The Bertz CT molecular complexity index is 383. The van der Waals surface area contributed by atoms with Gasteiger partial charge >= 0.3 is 0 Å². The van der Waals surface area contributed by atoms with Crippen LogP contribution in [0.3, 0.4) is 0 Å². The van der Waals surface area contributed by atoms with Crippen molar-refractivity contribution in [3.63, 3.8) is 0 Å². The van der Waals surface area contributed by atoms with Crippen molar-refractivity contribution >= 4 is 19.8 Å². The Hall–Kier alpha value is -0.413. The van der Waals surface area contributed by atoms with Crippen LogP contribution in [0.25, 0.3) is 0 Å². The molecule has 1 aromatic rings. The molecule has 3 heteroatoms. The molecule has 0 aliphatic carbocycles. The number of phenols is 1. The molecule has 0 atom stereocenters. The first-order valence-corrected chi connectivity index (χ1v) is 12.0. The van der Waals surface area contributed by atoms with E-state index >= 15 is 0 Å². The second kappa shape index (κ2) is 7.39. The normalized spacial score (nSPS) is 11.8. The summed E-state index contributed by atoms with van der Waals surface area (Å²) in [6.07, 6.45) is 4.12. The minimum Gasteiger partial charge on any atom is -0.507 e. The van der Waals surface area contributed by atoms with Crippen LogP contribution >= 0.6 is 11.8 Å². The molecule has 0 bridgehead atoms.